The van der Waals surface area contributed by atoms with Gasteiger partial charge < -0.3 is 58.9 Å². The van der Waals surface area contributed by atoms with Crippen LogP contribution in [0, 0.1) is 23.7 Å². The number of hydrogen-bond donors (Lipinski definition) is 5. The van der Waals surface area contributed by atoms with Crippen LogP contribution < -0.4 is 0 Å². The van der Waals surface area contributed by atoms with Crippen LogP contribution in [0.1, 0.15) is 88.0 Å². The Kier molecular flexibility index (Phi) is 15.9. The van der Waals surface area contributed by atoms with Gasteiger partial charge >= 0.3 is 5.97 Å². The molecule has 5 N–H and O–H groups in total. The monoisotopic (exact) mass is 774 g/mol. The first kappa shape index (κ1) is 46.4. The second-order valence-corrected chi connectivity index (χ2v) is 16.8. The van der Waals surface area contributed by atoms with Gasteiger partial charge in [0.25, 0.3) is 0 Å². The van der Waals surface area contributed by atoms with Crippen molar-refractivity contribution in [3.05, 3.63) is 10.4 Å². The molecule has 3 saturated heterocycles. The predicted molar refractivity (Wildman–Crippen MR) is 195 cm³/mol. The first-order valence-corrected chi connectivity index (χ1v) is 19.0. The van der Waals surface area contributed by atoms with Crippen molar-refractivity contribution in [2.45, 2.75) is 172 Å². The molecule has 0 unspecified atom stereocenters. The predicted octanol–water partition coefficient (Wildman–Crippen LogP) is 2.08. The molecule has 0 aromatic heterocycles. The zero-order valence-electron chi connectivity index (χ0n) is 34.0. The lowest BCUT2D eigenvalue weighted by Gasteiger charge is -2.49. The molecule has 54 heavy (non-hydrogen) atoms. The molecule has 3 fully saturated rings. The molecule has 18 atom stereocenters. The highest BCUT2D eigenvalue weighted by atomic mass is 16.7. The number of aliphatic hydroxyl groups excluding tert-OH is 3. The summed E-state index contributed by atoms with van der Waals surface area (Å²) >= 11 is 0. The Balaban J connectivity index is 2.21. The van der Waals surface area contributed by atoms with E-state index in [1.807, 2.05) is 25.9 Å². The highest BCUT2D eigenvalue weighted by Crippen LogP contribution is 2.40. The molecule has 17 heteroatoms. The van der Waals surface area contributed by atoms with Crippen molar-refractivity contribution >= 4 is 11.8 Å². The first-order chi connectivity index (χ1) is 24.9. The fraction of sp³-hybridized carbons (Fsp3) is 0.946. The van der Waals surface area contributed by atoms with Gasteiger partial charge in [-0.15, -0.1) is 0 Å². The number of Topliss-reactive ketones (excluding diaryl/α,β-unsaturated/α-hetero) is 1. The van der Waals surface area contributed by atoms with Crippen molar-refractivity contribution in [1.29, 1.82) is 0 Å². The lowest BCUT2D eigenvalue weighted by Crippen LogP contribution is -2.61. The highest BCUT2D eigenvalue weighted by Gasteiger charge is 2.53. The Bertz CT molecular complexity index is 1310. The van der Waals surface area contributed by atoms with Gasteiger partial charge in [-0.1, -0.05) is 25.9 Å². The van der Waals surface area contributed by atoms with Crippen molar-refractivity contribution in [2.75, 3.05) is 27.7 Å². The topological polar surface area (TPSA) is 243 Å². The maximum Gasteiger partial charge on any atom is 0.311 e. The van der Waals surface area contributed by atoms with Crippen molar-refractivity contribution in [1.82, 2.24) is 4.90 Å². The van der Waals surface area contributed by atoms with Crippen molar-refractivity contribution in [3.8, 4) is 0 Å². The molecule has 0 amide bonds. The molecule has 0 bridgehead atoms. The molecule has 0 saturated carbocycles. The minimum Gasteiger partial charge on any atom is -0.459 e. The Morgan fingerprint density at radius 2 is 1.57 bits per heavy atom. The van der Waals surface area contributed by atoms with Crippen molar-refractivity contribution < 1.29 is 63.5 Å². The number of likely N-dealkylation sites (N-methyl/N-ethyl adjacent to an activating group) is 1. The minimum absolute atomic E-state index is 0.0491. The molecule has 3 heterocycles. The molecule has 0 aliphatic carbocycles. The van der Waals surface area contributed by atoms with E-state index in [1.54, 1.807) is 27.7 Å². The molecule has 0 radical (unpaired) electrons. The normalized spacial score (nSPS) is 47.4. The second-order valence-electron chi connectivity index (χ2n) is 16.8. The Morgan fingerprint density at radius 3 is 2.15 bits per heavy atom. The maximum atomic E-state index is 14.2. The van der Waals surface area contributed by atoms with E-state index in [4.69, 9.17) is 34.0 Å². The summed E-state index contributed by atoms with van der Waals surface area (Å²) in [6, 6.07) is -0.355. The van der Waals surface area contributed by atoms with E-state index in [2.05, 4.69) is 10.0 Å². The number of methoxy groups -OCH3 is 1. The summed E-state index contributed by atoms with van der Waals surface area (Å²) < 4.78 is 37.1. The van der Waals surface area contributed by atoms with E-state index >= 15 is 0 Å². The fourth-order valence-corrected chi connectivity index (χ4v) is 8.48. The number of cyclic esters (lactones) is 1. The third-order valence-corrected chi connectivity index (χ3v) is 12.0. The number of carbonyl (C=O) groups excluding carboxylic acids is 2. The summed E-state index contributed by atoms with van der Waals surface area (Å²) in [6.45, 7) is 14.1. The summed E-state index contributed by atoms with van der Waals surface area (Å²) in [4.78, 5) is 32.8. The number of azide groups is 1. The smallest absolute Gasteiger partial charge is 0.311 e. The summed E-state index contributed by atoms with van der Waals surface area (Å²) in [5, 5.41) is 61.5. The van der Waals surface area contributed by atoms with Crippen LogP contribution in [0.4, 0.5) is 0 Å². The number of esters is 1. The van der Waals surface area contributed by atoms with E-state index in [-0.39, 0.29) is 38.0 Å². The Morgan fingerprint density at radius 1 is 0.944 bits per heavy atom. The van der Waals surface area contributed by atoms with Gasteiger partial charge in [-0.25, -0.2) is 0 Å². The molecular formula is C37H66N4O13. The summed E-state index contributed by atoms with van der Waals surface area (Å²) in [5.41, 5.74) is 3.82. The zero-order valence-corrected chi connectivity index (χ0v) is 34.0. The largest absolute Gasteiger partial charge is 0.459 e. The summed E-state index contributed by atoms with van der Waals surface area (Å²) in [7, 11) is 5.12. The molecule has 17 nitrogen and oxygen atoms in total. The standard InChI is InChI=1S/C37H66N4O13/c1-18-16-35(7,47)32(54-34-28(43)24(41(10)11)15-19(2)50-34)21(4)29(53-26-17-36(8,49-12)31(45)23(6)51-26)22(5)33(46)52-25(13-14-39-40-38)37(9,48)30(44)20(3)27(18)42/h18-26,28-32,34,43-45,47-48H,13-17H2,1-12H3/t18-,19-,20+,21+,22-,23+,24+,25-,26+,28-,29+,30-,31+,32-,34+,35-,36-,37-/m1/s1. The summed E-state index contributed by atoms with van der Waals surface area (Å²) in [6.07, 6.45) is -10.9. The van der Waals surface area contributed by atoms with E-state index in [9.17, 15) is 35.1 Å². The first-order valence-electron chi connectivity index (χ1n) is 19.0. The van der Waals surface area contributed by atoms with Crippen LogP contribution in [0.25, 0.3) is 10.4 Å². The van der Waals surface area contributed by atoms with Gasteiger partial charge in [0.2, 0.25) is 0 Å². The van der Waals surface area contributed by atoms with Crippen molar-refractivity contribution in [2.24, 2.45) is 28.8 Å². The quantitative estimate of drug-likeness (QED) is 0.0976. The third kappa shape index (κ3) is 10.3. The molecular weight excluding hydrogens is 708 g/mol. The van der Waals surface area contributed by atoms with Gasteiger partial charge in [0.1, 0.15) is 29.7 Å². The van der Waals surface area contributed by atoms with Gasteiger partial charge in [-0.3, -0.25) is 9.59 Å². The van der Waals surface area contributed by atoms with E-state index < -0.39 is 108 Å². The number of ketones is 1. The SMILES string of the molecule is CO[C@]1(C)C[C@H](O[C@H]2[C@H](C)[C@@H](O[C@@H]3O[C@H](C)C[C@H](N(C)C)[C@H]3O)[C@](C)(O)C[C@@H](C)C(=O)[C@H](C)[C@@H](O)[C@](C)(O)[C@@H](CCN=[N+]=[N-])OC(=O)[C@@H]2C)O[C@@H](C)[C@@H]1O. The lowest BCUT2D eigenvalue weighted by molar-refractivity contribution is -0.318. The van der Waals surface area contributed by atoms with E-state index in [1.165, 1.54) is 34.8 Å². The van der Waals surface area contributed by atoms with Crippen LogP contribution in [0.5, 0.6) is 0 Å². The average molecular weight is 775 g/mol. The molecule has 0 aromatic carbocycles. The number of nitrogens with zero attached hydrogens (tertiary/aromatic N) is 4. The molecule has 0 spiro atoms. The van der Waals surface area contributed by atoms with E-state index in [0.29, 0.717) is 6.42 Å². The molecule has 3 aliphatic rings. The zero-order chi connectivity index (χ0) is 41.1. The number of ether oxygens (including phenoxy) is 6. The number of hydrogen-bond acceptors (Lipinski definition) is 15. The van der Waals surface area contributed by atoms with Gasteiger partial charge in [0, 0.05) is 48.8 Å². The van der Waals surface area contributed by atoms with Crippen LogP contribution in [0.3, 0.4) is 0 Å². The van der Waals surface area contributed by atoms with Crippen LogP contribution in [-0.2, 0) is 38.0 Å². The average Bonchev–Trinajstić information content (AvgIpc) is 3.09. The minimum atomic E-state index is -2.18. The Hall–Kier alpha value is -1.99. The maximum absolute atomic E-state index is 14.2. The van der Waals surface area contributed by atoms with Crippen LogP contribution >= 0.6 is 0 Å². The van der Waals surface area contributed by atoms with Gasteiger partial charge in [-0.2, -0.15) is 0 Å². The third-order valence-electron chi connectivity index (χ3n) is 12.0. The molecule has 312 valence electrons. The van der Waals surface area contributed by atoms with Gasteiger partial charge in [0.05, 0.1) is 47.6 Å². The van der Waals surface area contributed by atoms with E-state index in [0.717, 1.165) is 0 Å². The molecule has 3 rings (SSSR count). The second kappa shape index (κ2) is 18.5. The molecule has 0 aromatic rings. The number of aliphatic hydroxyl groups is 5. The fourth-order valence-electron chi connectivity index (χ4n) is 8.48. The van der Waals surface area contributed by atoms with Crippen LogP contribution in [-0.4, -0.2) is 154 Å². The lowest BCUT2D eigenvalue weighted by atomic mass is 9.74. The summed E-state index contributed by atoms with van der Waals surface area (Å²) in [5.74, 6) is -5.50. The number of carbonyl (C=O) groups is 2. The van der Waals surface area contributed by atoms with Gasteiger partial charge in [-0.05, 0) is 80.4 Å². The molecule has 3 aliphatic heterocycles. The Labute approximate surface area is 319 Å². The number of rotatable bonds is 9. The van der Waals surface area contributed by atoms with Gasteiger partial charge in [0.15, 0.2) is 12.6 Å². The van der Waals surface area contributed by atoms with Crippen molar-refractivity contribution in [3.63, 3.8) is 0 Å². The highest BCUT2D eigenvalue weighted by molar-refractivity contribution is 5.83. The van der Waals surface area contributed by atoms with Crippen LogP contribution in [0.15, 0.2) is 5.11 Å². The van der Waals surface area contributed by atoms with Crippen LogP contribution in [0.2, 0.25) is 0 Å².